The van der Waals surface area contributed by atoms with Crippen LogP contribution in [0.5, 0.6) is 0 Å². The van der Waals surface area contributed by atoms with E-state index < -0.39 is 23.5 Å². The number of halogens is 1. The van der Waals surface area contributed by atoms with Gasteiger partial charge in [-0.15, -0.1) is 0 Å². The lowest BCUT2D eigenvalue weighted by Gasteiger charge is -2.26. The number of likely N-dealkylation sites (tertiary alicyclic amines) is 1. The van der Waals surface area contributed by atoms with Crippen molar-refractivity contribution in [1.82, 2.24) is 4.90 Å². The summed E-state index contributed by atoms with van der Waals surface area (Å²) in [6.45, 7) is 4.51. The minimum absolute atomic E-state index is 0.0414. The second kappa shape index (κ2) is 8.81. The number of rotatable bonds is 6. The Labute approximate surface area is 173 Å². The molecule has 1 amide bonds. The average molecular weight is 415 g/mol. The molecule has 0 saturated carbocycles. The second-order valence-electron chi connectivity index (χ2n) is 7.48. The summed E-state index contributed by atoms with van der Waals surface area (Å²) < 4.78 is 24.1. The summed E-state index contributed by atoms with van der Waals surface area (Å²) in [5, 5.41) is 10.8. The molecule has 1 aromatic carbocycles. The number of nitrogens with one attached hydrogen (secondary N) is 1. The van der Waals surface area contributed by atoms with Gasteiger partial charge in [-0.2, -0.15) is 0 Å². The predicted octanol–water partition coefficient (Wildman–Crippen LogP) is 1.15. The van der Waals surface area contributed by atoms with Crippen LogP contribution in [0.4, 0.5) is 4.39 Å². The van der Waals surface area contributed by atoms with E-state index in [0.29, 0.717) is 18.7 Å². The molecule has 1 aromatic heterocycles. The highest BCUT2D eigenvalue weighted by Crippen LogP contribution is 2.39. The maximum Gasteiger partial charge on any atom is 0.295 e. The van der Waals surface area contributed by atoms with Crippen LogP contribution < -0.4 is 4.90 Å². The first-order valence-corrected chi connectivity index (χ1v) is 10.1. The SMILES string of the molecule is O=C1C(=O)N(CCC[NH+]2CCOCC2)[C@H](c2ccco2)/C1=C(\O)c1ccc(F)cc1. The van der Waals surface area contributed by atoms with E-state index >= 15 is 0 Å². The van der Waals surface area contributed by atoms with Crippen molar-refractivity contribution in [1.29, 1.82) is 0 Å². The van der Waals surface area contributed by atoms with Gasteiger partial charge in [0.15, 0.2) is 0 Å². The van der Waals surface area contributed by atoms with Crippen molar-refractivity contribution in [3.63, 3.8) is 0 Å². The third kappa shape index (κ3) is 4.01. The van der Waals surface area contributed by atoms with E-state index in [1.54, 1.807) is 12.1 Å². The van der Waals surface area contributed by atoms with E-state index in [1.807, 2.05) is 0 Å². The number of nitrogens with zero attached hydrogens (tertiary/aromatic N) is 1. The molecule has 0 radical (unpaired) electrons. The minimum Gasteiger partial charge on any atom is -0.507 e. The summed E-state index contributed by atoms with van der Waals surface area (Å²) in [7, 11) is 0. The van der Waals surface area contributed by atoms with Gasteiger partial charge in [0.25, 0.3) is 11.7 Å². The lowest BCUT2D eigenvalue weighted by Crippen LogP contribution is -3.14. The van der Waals surface area contributed by atoms with E-state index in [0.717, 1.165) is 32.8 Å². The van der Waals surface area contributed by atoms with E-state index in [1.165, 1.54) is 40.3 Å². The standard InChI is InChI=1S/C22H23FN2O5/c23-16-6-4-15(5-7-16)20(26)18-19(17-3-1-12-30-17)25(22(28)21(18)27)9-2-8-24-10-13-29-14-11-24/h1,3-7,12,19,26H,2,8-11,13-14H2/p+1/b20-18+/t19-/m1/s1. The van der Waals surface area contributed by atoms with Gasteiger partial charge in [0.2, 0.25) is 0 Å². The van der Waals surface area contributed by atoms with Crippen LogP contribution in [-0.4, -0.2) is 61.1 Å². The van der Waals surface area contributed by atoms with Gasteiger partial charge in [-0.1, -0.05) is 0 Å². The molecule has 1 atom stereocenters. The number of morpholine rings is 1. The molecule has 2 saturated heterocycles. The normalized spacial score (nSPS) is 22.0. The molecular weight excluding hydrogens is 391 g/mol. The number of amides is 1. The number of benzene rings is 1. The van der Waals surface area contributed by atoms with E-state index in [-0.39, 0.29) is 16.9 Å². The number of Topliss-reactive ketones (excluding diaryl/α,β-unsaturated/α-hetero) is 1. The summed E-state index contributed by atoms with van der Waals surface area (Å²) >= 11 is 0. The van der Waals surface area contributed by atoms with Gasteiger partial charge in [0, 0.05) is 18.5 Å². The number of quaternary nitrogens is 1. The fraction of sp³-hybridized carbons (Fsp3) is 0.364. The summed E-state index contributed by atoms with van der Waals surface area (Å²) in [6.07, 6.45) is 2.17. The highest BCUT2D eigenvalue weighted by molar-refractivity contribution is 6.46. The van der Waals surface area contributed by atoms with Gasteiger partial charge < -0.3 is 24.1 Å². The van der Waals surface area contributed by atoms with Crippen molar-refractivity contribution in [2.75, 3.05) is 39.4 Å². The van der Waals surface area contributed by atoms with Crippen LogP contribution in [0.1, 0.15) is 23.8 Å². The zero-order valence-electron chi connectivity index (χ0n) is 16.5. The zero-order chi connectivity index (χ0) is 21.1. The number of hydrogen-bond donors (Lipinski definition) is 2. The maximum atomic E-state index is 13.3. The lowest BCUT2D eigenvalue weighted by molar-refractivity contribution is -0.908. The Morgan fingerprint density at radius 2 is 1.90 bits per heavy atom. The van der Waals surface area contributed by atoms with Crippen LogP contribution in [0.15, 0.2) is 52.7 Å². The van der Waals surface area contributed by atoms with Crippen molar-refractivity contribution >= 4 is 17.4 Å². The van der Waals surface area contributed by atoms with Gasteiger partial charge in [0.1, 0.15) is 36.5 Å². The molecule has 7 nitrogen and oxygen atoms in total. The number of ketones is 1. The fourth-order valence-electron chi connectivity index (χ4n) is 4.03. The van der Waals surface area contributed by atoms with E-state index in [2.05, 4.69) is 0 Å². The van der Waals surface area contributed by atoms with Crippen LogP contribution in [0, 0.1) is 5.82 Å². The molecule has 2 N–H and O–H groups in total. The molecule has 2 aliphatic rings. The molecule has 2 aliphatic heterocycles. The Bertz CT molecular complexity index is 933. The van der Waals surface area contributed by atoms with Crippen LogP contribution in [0.25, 0.3) is 5.76 Å². The van der Waals surface area contributed by atoms with Gasteiger partial charge >= 0.3 is 0 Å². The summed E-state index contributed by atoms with van der Waals surface area (Å²) in [4.78, 5) is 28.5. The quantitative estimate of drug-likeness (QED) is 0.420. The number of carbonyl (C=O) groups is 2. The lowest BCUT2D eigenvalue weighted by atomic mass is 9.99. The highest BCUT2D eigenvalue weighted by Gasteiger charge is 2.47. The Morgan fingerprint density at radius 1 is 1.17 bits per heavy atom. The van der Waals surface area contributed by atoms with Crippen molar-refractivity contribution in [2.45, 2.75) is 12.5 Å². The smallest absolute Gasteiger partial charge is 0.295 e. The molecule has 0 spiro atoms. The van der Waals surface area contributed by atoms with Crippen LogP contribution in [0.2, 0.25) is 0 Å². The predicted molar refractivity (Wildman–Crippen MR) is 105 cm³/mol. The molecule has 0 unspecified atom stereocenters. The Balaban J connectivity index is 1.61. The van der Waals surface area contributed by atoms with Gasteiger partial charge in [-0.25, -0.2) is 4.39 Å². The molecule has 2 fully saturated rings. The molecular formula is C22H24FN2O5+. The monoisotopic (exact) mass is 415 g/mol. The van der Waals surface area contributed by atoms with Gasteiger partial charge in [-0.3, -0.25) is 9.59 Å². The van der Waals surface area contributed by atoms with Crippen LogP contribution in [-0.2, 0) is 14.3 Å². The highest BCUT2D eigenvalue weighted by atomic mass is 19.1. The first-order chi connectivity index (χ1) is 14.6. The average Bonchev–Trinajstić information content (AvgIpc) is 3.37. The number of hydrogen-bond acceptors (Lipinski definition) is 5. The molecule has 30 heavy (non-hydrogen) atoms. The largest absolute Gasteiger partial charge is 0.507 e. The summed E-state index contributed by atoms with van der Waals surface area (Å²) in [5.74, 6) is -1.83. The second-order valence-corrected chi connectivity index (χ2v) is 7.48. The molecule has 8 heteroatoms. The van der Waals surface area contributed by atoms with E-state index in [9.17, 15) is 19.1 Å². The molecule has 0 bridgehead atoms. The third-order valence-corrected chi connectivity index (χ3v) is 5.60. The Kier molecular flexibility index (Phi) is 5.96. The van der Waals surface area contributed by atoms with Gasteiger partial charge in [0.05, 0.1) is 31.6 Å². The number of carbonyl (C=O) groups excluding carboxylic acids is 2. The molecule has 0 aliphatic carbocycles. The maximum absolute atomic E-state index is 13.3. The van der Waals surface area contributed by atoms with Crippen molar-refractivity contribution in [3.8, 4) is 0 Å². The zero-order valence-corrected chi connectivity index (χ0v) is 16.5. The van der Waals surface area contributed by atoms with Gasteiger partial charge in [-0.05, 0) is 36.4 Å². The van der Waals surface area contributed by atoms with Crippen LogP contribution >= 0.6 is 0 Å². The minimum atomic E-state index is -0.815. The molecule has 2 aromatic rings. The molecule has 3 heterocycles. The third-order valence-electron chi connectivity index (χ3n) is 5.60. The van der Waals surface area contributed by atoms with Crippen LogP contribution in [0.3, 0.4) is 0 Å². The Morgan fingerprint density at radius 3 is 2.57 bits per heavy atom. The Hall–Kier alpha value is -2.97. The van der Waals surface area contributed by atoms with E-state index in [4.69, 9.17) is 9.15 Å². The van der Waals surface area contributed by atoms with Crippen molar-refractivity contribution in [2.24, 2.45) is 0 Å². The molecule has 158 valence electrons. The van der Waals surface area contributed by atoms with Crippen molar-refractivity contribution in [3.05, 3.63) is 65.4 Å². The van der Waals surface area contributed by atoms with Crippen molar-refractivity contribution < 1.29 is 33.1 Å². The summed E-state index contributed by atoms with van der Waals surface area (Å²) in [6, 6.07) is 7.67. The number of aliphatic hydroxyl groups is 1. The first kappa shape index (κ1) is 20.3. The fourth-order valence-corrected chi connectivity index (χ4v) is 4.03. The molecule has 4 rings (SSSR count). The number of aliphatic hydroxyl groups excluding tert-OH is 1. The first-order valence-electron chi connectivity index (χ1n) is 10.1. The number of ether oxygens (including phenoxy) is 1. The number of furan rings is 1. The summed E-state index contributed by atoms with van der Waals surface area (Å²) in [5.41, 5.74) is 0.226. The topological polar surface area (TPSA) is 84.4 Å².